The zero-order valence-electron chi connectivity index (χ0n) is 9.98. The van der Waals surface area contributed by atoms with Crippen molar-refractivity contribution < 1.29 is 9.84 Å². The lowest BCUT2D eigenvalue weighted by Gasteiger charge is -2.36. The van der Waals surface area contributed by atoms with Crippen LogP contribution in [0.5, 0.6) is 0 Å². The molecule has 2 bridgehead atoms. The average molecular weight is 287 g/mol. The Bertz CT molecular complexity index is 449. The minimum absolute atomic E-state index is 0.169. The molecule has 0 spiro atoms. The lowest BCUT2D eigenvalue weighted by atomic mass is 9.79. The van der Waals surface area contributed by atoms with Gasteiger partial charge in [-0.05, 0) is 42.9 Å². The Balaban J connectivity index is 1.91. The summed E-state index contributed by atoms with van der Waals surface area (Å²) in [7, 11) is 0. The van der Waals surface area contributed by atoms with Crippen molar-refractivity contribution >= 4 is 23.2 Å². The molecule has 4 atom stereocenters. The molecule has 4 heteroatoms. The summed E-state index contributed by atoms with van der Waals surface area (Å²) in [6, 6.07) is 5.79. The van der Waals surface area contributed by atoms with E-state index in [-0.39, 0.29) is 18.6 Å². The van der Waals surface area contributed by atoms with Gasteiger partial charge in [0.05, 0.1) is 22.3 Å². The highest BCUT2D eigenvalue weighted by Crippen LogP contribution is 2.45. The van der Waals surface area contributed by atoms with Gasteiger partial charge in [0.15, 0.2) is 0 Å². The molecule has 98 valence electrons. The molecule has 0 radical (unpaired) electrons. The second-order valence-corrected chi connectivity index (χ2v) is 6.05. The molecule has 3 rings (SSSR count). The second kappa shape index (κ2) is 5.01. The number of ether oxygens (including phenoxy) is 1. The van der Waals surface area contributed by atoms with Gasteiger partial charge in [-0.2, -0.15) is 0 Å². The molecule has 2 aliphatic rings. The van der Waals surface area contributed by atoms with E-state index in [9.17, 15) is 5.11 Å². The van der Waals surface area contributed by atoms with Crippen molar-refractivity contribution in [1.82, 2.24) is 0 Å². The van der Waals surface area contributed by atoms with E-state index in [4.69, 9.17) is 27.9 Å². The molecule has 0 saturated carbocycles. The van der Waals surface area contributed by atoms with Crippen LogP contribution in [0.1, 0.15) is 30.7 Å². The first-order valence-electron chi connectivity index (χ1n) is 6.40. The van der Waals surface area contributed by atoms with Crippen molar-refractivity contribution in [3.63, 3.8) is 0 Å². The summed E-state index contributed by atoms with van der Waals surface area (Å²) < 4.78 is 5.89. The number of halogens is 2. The summed E-state index contributed by atoms with van der Waals surface area (Å²) in [4.78, 5) is 0. The van der Waals surface area contributed by atoms with Crippen molar-refractivity contribution in [3.8, 4) is 0 Å². The Morgan fingerprint density at radius 3 is 2.78 bits per heavy atom. The van der Waals surface area contributed by atoms with Gasteiger partial charge in [0.2, 0.25) is 0 Å². The zero-order valence-corrected chi connectivity index (χ0v) is 11.5. The molecule has 2 heterocycles. The van der Waals surface area contributed by atoms with E-state index in [0.29, 0.717) is 22.1 Å². The summed E-state index contributed by atoms with van der Waals surface area (Å²) in [5.41, 5.74) is 1.17. The highest BCUT2D eigenvalue weighted by atomic mass is 35.5. The van der Waals surface area contributed by atoms with Gasteiger partial charge in [-0.25, -0.2) is 0 Å². The fourth-order valence-corrected chi connectivity index (χ4v) is 3.62. The lowest BCUT2D eigenvalue weighted by molar-refractivity contribution is -0.0590. The topological polar surface area (TPSA) is 29.5 Å². The van der Waals surface area contributed by atoms with Gasteiger partial charge in [0.1, 0.15) is 0 Å². The van der Waals surface area contributed by atoms with E-state index in [2.05, 4.69) is 0 Å². The van der Waals surface area contributed by atoms with Gasteiger partial charge in [0, 0.05) is 12.5 Å². The molecule has 2 nitrogen and oxygen atoms in total. The third-order valence-electron chi connectivity index (χ3n) is 4.23. The van der Waals surface area contributed by atoms with Crippen LogP contribution in [0.3, 0.4) is 0 Å². The summed E-state index contributed by atoms with van der Waals surface area (Å²) in [6.45, 7) is 0.169. The first kappa shape index (κ1) is 12.7. The van der Waals surface area contributed by atoms with E-state index in [1.54, 1.807) is 0 Å². The standard InChI is InChI=1S/C14H16Cl2O2/c15-12-3-1-8(5-13(12)16)10-6-9-2-4-14(18-9)11(10)7-17/h1,3,5,9-11,14,17H,2,4,6-7H2. The predicted molar refractivity (Wildman–Crippen MR) is 72.3 cm³/mol. The van der Waals surface area contributed by atoms with E-state index in [0.717, 1.165) is 19.3 Å². The Kier molecular flexibility index (Phi) is 3.55. The lowest BCUT2D eigenvalue weighted by Crippen LogP contribution is -2.36. The van der Waals surface area contributed by atoms with Crippen LogP contribution in [0.2, 0.25) is 10.0 Å². The van der Waals surface area contributed by atoms with E-state index in [1.807, 2.05) is 18.2 Å². The predicted octanol–water partition coefficient (Wildman–Crippen LogP) is 3.64. The molecule has 1 N–H and O–H groups in total. The molecule has 1 aromatic carbocycles. The molecule has 2 fully saturated rings. The minimum Gasteiger partial charge on any atom is -0.396 e. The summed E-state index contributed by atoms with van der Waals surface area (Å²) in [5.74, 6) is 0.511. The molecule has 0 amide bonds. The Hall–Kier alpha value is -0.280. The van der Waals surface area contributed by atoms with Crippen molar-refractivity contribution in [2.24, 2.45) is 5.92 Å². The summed E-state index contributed by atoms with van der Waals surface area (Å²) >= 11 is 12.0. The van der Waals surface area contributed by atoms with Gasteiger partial charge in [-0.1, -0.05) is 29.3 Å². The maximum Gasteiger partial charge on any atom is 0.0635 e. The SMILES string of the molecule is OCC1C2CCC(CC1c1ccc(Cl)c(Cl)c1)O2. The van der Waals surface area contributed by atoms with E-state index >= 15 is 0 Å². The number of aliphatic hydroxyl groups is 1. The zero-order chi connectivity index (χ0) is 12.7. The van der Waals surface area contributed by atoms with E-state index in [1.165, 1.54) is 5.56 Å². The van der Waals surface area contributed by atoms with Crippen molar-refractivity contribution in [2.45, 2.75) is 37.4 Å². The van der Waals surface area contributed by atoms with Gasteiger partial charge in [-0.3, -0.25) is 0 Å². The second-order valence-electron chi connectivity index (χ2n) is 5.24. The number of benzene rings is 1. The molecule has 1 aromatic rings. The molecule has 0 aliphatic carbocycles. The fourth-order valence-electron chi connectivity index (χ4n) is 3.31. The third kappa shape index (κ3) is 2.16. The molecule has 0 aromatic heterocycles. The summed E-state index contributed by atoms with van der Waals surface area (Å²) in [5, 5.41) is 10.8. The third-order valence-corrected chi connectivity index (χ3v) is 4.97. The van der Waals surface area contributed by atoms with Crippen LogP contribution in [0.4, 0.5) is 0 Å². The number of hydrogen-bond donors (Lipinski definition) is 1. The molecular formula is C14H16Cl2O2. The van der Waals surface area contributed by atoms with Crippen LogP contribution in [-0.2, 0) is 4.74 Å². The van der Waals surface area contributed by atoms with Gasteiger partial charge in [0.25, 0.3) is 0 Å². The molecule has 18 heavy (non-hydrogen) atoms. The quantitative estimate of drug-likeness (QED) is 0.900. The van der Waals surface area contributed by atoms with Crippen molar-refractivity contribution in [2.75, 3.05) is 6.61 Å². The number of rotatable bonds is 2. The largest absolute Gasteiger partial charge is 0.396 e. The first-order chi connectivity index (χ1) is 8.69. The summed E-state index contributed by atoms with van der Waals surface area (Å²) in [6.07, 6.45) is 3.69. The average Bonchev–Trinajstić information content (AvgIpc) is 2.75. The van der Waals surface area contributed by atoms with Crippen LogP contribution in [0, 0.1) is 5.92 Å². The smallest absolute Gasteiger partial charge is 0.0635 e. The van der Waals surface area contributed by atoms with Crippen molar-refractivity contribution in [3.05, 3.63) is 33.8 Å². The number of hydrogen-bond acceptors (Lipinski definition) is 2. The minimum atomic E-state index is 0.169. The van der Waals surface area contributed by atoms with E-state index < -0.39 is 0 Å². The van der Waals surface area contributed by atoms with Gasteiger partial charge in [-0.15, -0.1) is 0 Å². The Labute approximate surface area is 117 Å². The Morgan fingerprint density at radius 1 is 1.22 bits per heavy atom. The normalized spacial score (nSPS) is 34.8. The fraction of sp³-hybridized carbons (Fsp3) is 0.571. The van der Waals surface area contributed by atoms with Crippen molar-refractivity contribution in [1.29, 1.82) is 0 Å². The number of fused-ring (bicyclic) bond motifs is 2. The van der Waals surface area contributed by atoms with Gasteiger partial charge < -0.3 is 9.84 Å². The first-order valence-corrected chi connectivity index (χ1v) is 7.16. The Morgan fingerprint density at radius 2 is 2.06 bits per heavy atom. The number of aliphatic hydroxyl groups excluding tert-OH is 1. The molecule has 2 aliphatic heterocycles. The highest BCUT2D eigenvalue weighted by molar-refractivity contribution is 6.42. The highest BCUT2D eigenvalue weighted by Gasteiger charge is 2.43. The van der Waals surface area contributed by atoms with Crippen LogP contribution in [0.15, 0.2) is 18.2 Å². The molecule has 2 saturated heterocycles. The maximum atomic E-state index is 9.63. The monoisotopic (exact) mass is 286 g/mol. The van der Waals surface area contributed by atoms with Crippen LogP contribution in [-0.4, -0.2) is 23.9 Å². The van der Waals surface area contributed by atoms with Crippen LogP contribution >= 0.6 is 23.2 Å². The van der Waals surface area contributed by atoms with Crippen LogP contribution in [0.25, 0.3) is 0 Å². The maximum absolute atomic E-state index is 9.63. The molecule has 4 unspecified atom stereocenters. The van der Waals surface area contributed by atoms with Crippen LogP contribution < -0.4 is 0 Å². The molecular weight excluding hydrogens is 271 g/mol. The van der Waals surface area contributed by atoms with Gasteiger partial charge >= 0.3 is 0 Å².